The lowest BCUT2D eigenvalue weighted by Crippen LogP contribution is -2.37. The van der Waals surface area contributed by atoms with E-state index in [1.54, 1.807) is 4.90 Å². The number of ether oxygens (including phenoxy) is 2. The van der Waals surface area contributed by atoms with Crippen LogP contribution in [0.2, 0.25) is 0 Å². The van der Waals surface area contributed by atoms with Crippen molar-refractivity contribution in [2.45, 2.75) is 25.8 Å². The van der Waals surface area contributed by atoms with E-state index in [1.807, 2.05) is 55.5 Å². The van der Waals surface area contributed by atoms with Crippen LogP contribution >= 0.6 is 0 Å². The van der Waals surface area contributed by atoms with E-state index < -0.39 is 0 Å². The second kappa shape index (κ2) is 7.92. The second-order valence-electron chi connectivity index (χ2n) is 7.07. The van der Waals surface area contributed by atoms with Crippen LogP contribution in [0, 0.1) is 5.92 Å². The van der Waals surface area contributed by atoms with Crippen LogP contribution < -0.4 is 19.7 Å². The van der Waals surface area contributed by atoms with Gasteiger partial charge in [0.25, 0.3) is 0 Å². The van der Waals surface area contributed by atoms with E-state index >= 15 is 0 Å². The van der Waals surface area contributed by atoms with E-state index in [-0.39, 0.29) is 30.2 Å². The van der Waals surface area contributed by atoms with E-state index in [1.165, 1.54) is 0 Å². The highest BCUT2D eigenvalue weighted by atomic mass is 16.5. The van der Waals surface area contributed by atoms with Crippen molar-refractivity contribution in [3.63, 3.8) is 0 Å². The van der Waals surface area contributed by atoms with E-state index in [9.17, 15) is 9.59 Å². The first-order chi connectivity index (χ1) is 13.7. The molecule has 2 aromatic carbocycles. The number of anilines is 1. The van der Waals surface area contributed by atoms with Gasteiger partial charge in [-0.05, 0) is 37.3 Å². The minimum Gasteiger partial charge on any atom is -0.494 e. The summed E-state index contributed by atoms with van der Waals surface area (Å²) >= 11 is 0. The van der Waals surface area contributed by atoms with Gasteiger partial charge in [0.05, 0.1) is 25.2 Å². The van der Waals surface area contributed by atoms with E-state index in [2.05, 4.69) is 5.32 Å². The van der Waals surface area contributed by atoms with Crippen LogP contribution in [0.15, 0.2) is 48.5 Å². The first-order valence-electron chi connectivity index (χ1n) is 9.71. The zero-order chi connectivity index (χ0) is 19.5. The van der Waals surface area contributed by atoms with Crippen molar-refractivity contribution in [1.82, 2.24) is 5.32 Å². The van der Waals surface area contributed by atoms with Gasteiger partial charge in [-0.1, -0.05) is 18.2 Å². The van der Waals surface area contributed by atoms with Gasteiger partial charge in [-0.2, -0.15) is 0 Å². The van der Waals surface area contributed by atoms with Crippen molar-refractivity contribution < 1.29 is 19.1 Å². The quantitative estimate of drug-likeness (QED) is 0.866. The molecule has 0 aliphatic carbocycles. The molecule has 2 atom stereocenters. The van der Waals surface area contributed by atoms with Crippen molar-refractivity contribution in [1.29, 1.82) is 0 Å². The Hall–Kier alpha value is -3.02. The number of hydrogen-bond donors (Lipinski definition) is 1. The lowest BCUT2D eigenvalue weighted by molar-refractivity contribution is -0.127. The summed E-state index contributed by atoms with van der Waals surface area (Å²) in [6, 6.07) is 15.1. The molecule has 146 valence electrons. The molecule has 2 aromatic rings. The summed E-state index contributed by atoms with van der Waals surface area (Å²) in [7, 11) is 0. The Morgan fingerprint density at radius 2 is 2.00 bits per heavy atom. The predicted octanol–water partition coefficient (Wildman–Crippen LogP) is 3.08. The molecule has 1 N–H and O–H groups in total. The highest BCUT2D eigenvalue weighted by molar-refractivity contribution is 6.00. The fourth-order valence-corrected chi connectivity index (χ4v) is 3.80. The molecule has 28 heavy (non-hydrogen) atoms. The minimum atomic E-state index is -0.353. The monoisotopic (exact) mass is 380 g/mol. The first-order valence-corrected chi connectivity index (χ1v) is 9.71. The Morgan fingerprint density at radius 3 is 2.79 bits per heavy atom. The highest BCUT2D eigenvalue weighted by Crippen LogP contribution is 2.33. The van der Waals surface area contributed by atoms with Crippen LogP contribution in [0.5, 0.6) is 11.5 Å². The third-order valence-corrected chi connectivity index (χ3v) is 5.23. The van der Waals surface area contributed by atoms with Crippen LogP contribution in [0.25, 0.3) is 0 Å². The predicted molar refractivity (Wildman–Crippen MR) is 106 cm³/mol. The van der Waals surface area contributed by atoms with Crippen molar-refractivity contribution in [3.05, 3.63) is 54.1 Å². The van der Waals surface area contributed by atoms with Gasteiger partial charge in [0.15, 0.2) is 0 Å². The lowest BCUT2D eigenvalue weighted by Gasteiger charge is -2.27. The molecule has 2 aliphatic rings. The molecule has 0 aromatic heterocycles. The fraction of sp³-hybridized carbons (Fsp3) is 0.364. The third kappa shape index (κ3) is 3.67. The average molecular weight is 380 g/mol. The molecule has 2 amide bonds. The molecule has 2 unspecified atom stereocenters. The summed E-state index contributed by atoms with van der Waals surface area (Å²) in [6.45, 7) is 3.49. The molecule has 6 heteroatoms. The van der Waals surface area contributed by atoms with Gasteiger partial charge in [0.2, 0.25) is 11.8 Å². The van der Waals surface area contributed by atoms with Crippen LogP contribution in [0.4, 0.5) is 5.69 Å². The van der Waals surface area contributed by atoms with Gasteiger partial charge >= 0.3 is 0 Å². The SMILES string of the molecule is CCOc1ccc(N2CC(C(=O)NC3CCOc4ccccc43)CC2=O)cc1. The minimum absolute atomic E-state index is 0.0308. The maximum absolute atomic E-state index is 12.8. The van der Waals surface area contributed by atoms with E-state index in [0.29, 0.717) is 19.8 Å². The summed E-state index contributed by atoms with van der Waals surface area (Å²) in [4.78, 5) is 27.0. The Kier molecular flexibility index (Phi) is 5.19. The smallest absolute Gasteiger partial charge is 0.227 e. The fourth-order valence-electron chi connectivity index (χ4n) is 3.80. The zero-order valence-corrected chi connectivity index (χ0v) is 15.9. The van der Waals surface area contributed by atoms with Gasteiger partial charge < -0.3 is 19.7 Å². The average Bonchev–Trinajstić information content (AvgIpc) is 3.11. The molecule has 0 saturated carbocycles. The number of para-hydroxylation sites is 1. The summed E-state index contributed by atoms with van der Waals surface area (Å²) in [5, 5.41) is 3.12. The van der Waals surface area contributed by atoms with Crippen molar-refractivity contribution in [3.8, 4) is 11.5 Å². The maximum atomic E-state index is 12.8. The maximum Gasteiger partial charge on any atom is 0.227 e. The number of nitrogens with one attached hydrogen (secondary N) is 1. The first kappa shape index (κ1) is 18.3. The number of nitrogens with zero attached hydrogens (tertiary/aromatic N) is 1. The Balaban J connectivity index is 1.42. The third-order valence-electron chi connectivity index (χ3n) is 5.23. The molecule has 6 nitrogen and oxygen atoms in total. The van der Waals surface area contributed by atoms with Crippen LogP contribution in [-0.2, 0) is 9.59 Å². The Morgan fingerprint density at radius 1 is 1.21 bits per heavy atom. The molecule has 0 spiro atoms. The number of rotatable bonds is 5. The summed E-state index contributed by atoms with van der Waals surface area (Å²) in [6.07, 6.45) is 0.954. The normalized spacial score (nSPS) is 21.0. The number of carbonyl (C=O) groups is 2. The molecule has 1 saturated heterocycles. The number of carbonyl (C=O) groups excluding carboxylic acids is 2. The Labute approximate surface area is 164 Å². The number of amides is 2. The van der Waals surface area contributed by atoms with E-state index in [0.717, 1.165) is 29.2 Å². The van der Waals surface area contributed by atoms with Gasteiger partial charge in [0.1, 0.15) is 11.5 Å². The molecule has 2 heterocycles. The number of hydrogen-bond acceptors (Lipinski definition) is 4. The summed E-state index contributed by atoms with van der Waals surface area (Å²) in [5.41, 5.74) is 1.79. The second-order valence-corrected chi connectivity index (χ2v) is 7.07. The van der Waals surface area contributed by atoms with Crippen LogP contribution in [0.1, 0.15) is 31.4 Å². The number of benzene rings is 2. The molecule has 0 radical (unpaired) electrons. The van der Waals surface area contributed by atoms with Gasteiger partial charge in [-0.3, -0.25) is 9.59 Å². The zero-order valence-electron chi connectivity index (χ0n) is 15.9. The van der Waals surface area contributed by atoms with Gasteiger partial charge in [-0.25, -0.2) is 0 Å². The number of fused-ring (bicyclic) bond motifs is 1. The standard InChI is InChI=1S/C22H24N2O4/c1-2-27-17-9-7-16(8-10-17)24-14-15(13-21(24)25)22(26)23-19-11-12-28-20-6-4-3-5-18(19)20/h3-10,15,19H,2,11-14H2,1H3,(H,23,26). The lowest BCUT2D eigenvalue weighted by atomic mass is 9.99. The van der Waals surface area contributed by atoms with Crippen molar-refractivity contribution >= 4 is 17.5 Å². The van der Waals surface area contributed by atoms with Crippen LogP contribution in [0.3, 0.4) is 0 Å². The Bertz CT molecular complexity index is 865. The molecular formula is C22H24N2O4. The van der Waals surface area contributed by atoms with Gasteiger partial charge in [-0.15, -0.1) is 0 Å². The van der Waals surface area contributed by atoms with Crippen molar-refractivity contribution in [2.24, 2.45) is 5.92 Å². The van der Waals surface area contributed by atoms with Crippen LogP contribution in [-0.4, -0.2) is 31.6 Å². The molecular weight excluding hydrogens is 356 g/mol. The molecule has 4 rings (SSSR count). The topological polar surface area (TPSA) is 67.9 Å². The molecule has 2 aliphatic heterocycles. The molecule has 0 bridgehead atoms. The molecule has 1 fully saturated rings. The van der Waals surface area contributed by atoms with E-state index in [4.69, 9.17) is 9.47 Å². The largest absolute Gasteiger partial charge is 0.494 e. The highest BCUT2D eigenvalue weighted by Gasteiger charge is 2.36. The summed E-state index contributed by atoms with van der Waals surface area (Å²) in [5.74, 6) is 1.12. The van der Waals surface area contributed by atoms with Gasteiger partial charge in [0, 0.05) is 30.6 Å². The van der Waals surface area contributed by atoms with Crippen molar-refractivity contribution in [2.75, 3.05) is 24.7 Å². The summed E-state index contributed by atoms with van der Waals surface area (Å²) < 4.78 is 11.1.